The van der Waals surface area contributed by atoms with E-state index in [9.17, 15) is 14.4 Å². The predicted octanol–water partition coefficient (Wildman–Crippen LogP) is 9.44. The van der Waals surface area contributed by atoms with Gasteiger partial charge in [0.05, 0.1) is 0 Å². The van der Waals surface area contributed by atoms with E-state index in [4.69, 9.17) is 13.6 Å². The van der Waals surface area contributed by atoms with Gasteiger partial charge >= 0.3 is 255 Å². The molecule has 0 radical (unpaired) electrons. The van der Waals surface area contributed by atoms with Gasteiger partial charge in [0.15, 0.2) is 0 Å². The van der Waals surface area contributed by atoms with Gasteiger partial charge in [-0.05, 0) is 0 Å². The molecule has 248 valence electrons. The Hall–Kier alpha value is -0.300. The standard InChI is InChI=1S/C32H69O6P3/c1-13-39(14-2,15-3,16-4)36-30(33)27-25-29(32(35)38-41(21-9,22-10,23-11)24-12)26-28-31(34)37-40(17-5,18-6,19-7)20-8/h29H,13-28H2,1-12H3. The fourth-order valence-corrected chi connectivity index (χ4v) is 18.4. The molecule has 0 bridgehead atoms. The summed E-state index contributed by atoms with van der Waals surface area (Å²) in [7, 11) is 0. The molecule has 0 saturated heterocycles. The molecular weight excluding hydrogens is 573 g/mol. The van der Waals surface area contributed by atoms with Gasteiger partial charge in [-0.15, -0.1) is 0 Å². The fourth-order valence-electron chi connectivity index (χ4n) is 6.76. The summed E-state index contributed by atoms with van der Waals surface area (Å²) in [5.74, 6) is -1.23. The molecule has 0 N–H and O–H groups in total. The van der Waals surface area contributed by atoms with Gasteiger partial charge in [0, 0.05) is 0 Å². The van der Waals surface area contributed by atoms with E-state index in [1.807, 2.05) is 0 Å². The van der Waals surface area contributed by atoms with Crippen molar-refractivity contribution in [1.29, 1.82) is 0 Å². The molecule has 9 heteroatoms. The van der Waals surface area contributed by atoms with Gasteiger partial charge in [0.2, 0.25) is 0 Å². The van der Waals surface area contributed by atoms with E-state index in [-0.39, 0.29) is 30.7 Å². The Morgan fingerprint density at radius 2 is 0.634 bits per heavy atom. The number of hydrogen-bond donors (Lipinski definition) is 0. The molecule has 0 spiro atoms. The van der Waals surface area contributed by atoms with E-state index in [1.165, 1.54) is 0 Å². The third-order valence-electron chi connectivity index (χ3n) is 12.4. The van der Waals surface area contributed by atoms with Crippen molar-refractivity contribution < 1.29 is 28.0 Å². The Labute approximate surface area is 254 Å². The van der Waals surface area contributed by atoms with Crippen LogP contribution in [0.25, 0.3) is 0 Å². The van der Waals surface area contributed by atoms with Crippen LogP contribution in [0.2, 0.25) is 0 Å². The summed E-state index contributed by atoms with van der Waals surface area (Å²) < 4.78 is 19.3. The molecule has 0 aromatic carbocycles. The number of rotatable bonds is 22. The predicted molar refractivity (Wildman–Crippen MR) is 187 cm³/mol. The van der Waals surface area contributed by atoms with Crippen LogP contribution in [-0.4, -0.2) is 91.9 Å². The summed E-state index contributed by atoms with van der Waals surface area (Å²) in [5.41, 5.74) is 0. The molecule has 0 atom stereocenters. The normalized spacial score (nSPS) is 16.2. The average Bonchev–Trinajstić information content (AvgIpc) is 3.02. The van der Waals surface area contributed by atoms with Gasteiger partial charge in [-0.1, -0.05) is 0 Å². The SMILES string of the molecule is CCP(CC)(CC)(CC)OC(=O)CCC(CCC(=O)OP(CC)(CC)(CC)CC)C(=O)OP(CC)(CC)(CC)CC. The van der Waals surface area contributed by atoms with Gasteiger partial charge in [-0.3, -0.25) is 0 Å². The average molecular weight is 643 g/mol. The molecule has 0 fully saturated rings. The van der Waals surface area contributed by atoms with E-state index in [0.29, 0.717) is 12.8 Å². The van der Waals surface area contributed by atoms with E-state index in [2.05, 4.69) is 83.1 Å². The van der Waals surface area contributed by atoms with E-state index < -0.39 is 26.4 Å². The zero-order valence-corrected chi connectivity index (χ0v) is 31.9. The monoisotopic (exact) mass is 642 g/mol. The van der Waals surface area contributed by atoms with Crippen molar-refractivity contribution >= 4 is 38.4 Å². The minimum atomic E-state index is -2.68. The summed E-state index contributed by atoms with van der Waals surface area (Å²) in [6.45, 7) is 17.8. The van der Waals surface area contributed by atoms with Crippen molar-refractivity contribution in [2.24, 2.45) is 5.92 Å². The van der Waals surface area contributed by atoms with Gasteiger partial charge in [-0.2, -0.15) is 0 Å². The van der Waals surface area contributed by atoms with Crippen LogP contribution in [0.3, 0.4) is 0 Å². The van der Waals surface area contributed by atoms with Crippen molar-refractivity contribution in [3.05, 3.63) is 0 Å². The second-order valence-corrected chi connectivity index (χ2v) is 31.8. The summed E-state index contributed by atoms with van der Waals surface area (Å²) in [6, 6.07) is 0. The molecule has 0 aliphatic rings. The van der Waals surface area contributed by atoms with Crippen molar-refractivity contribution in [3.8, 4) is 0 Å². The molecular formula is C32H69O6P3. The van der Waals surface area contributed by atoms with Crippen LogP contribution in [0.4, 0.5) is 0 Å². The first kappa shape index (κ1) is 40.7. The molecule has 41 heavy (non-hydrogen) atoms. The van der Waals surface area contributed by atoms with Crippen LogP contribution in [0.1, 0.15) is 109 Å². The summed E-state index contributed by atoms with van der Waals surface area (Å²) in [5, 5.41) is 0. The van der Waals surface area contributed by atoms with Crippen molar-refractivity contribution in [2.45, 2.75) is 109 Å². The van der Waals surface area contributed by atoms with Gasteiger partial charge in [0.1, 0.15) is 0 Å². The summed E-state index contributed by atoms with van der Waals surface area (Å²) in [6.07, 6.45) is 11.4. The molecule has 6 nitrogen and oxygen atoms in total. The number of hydrogen-bond acceptors (Lipinski definition) is 6. The fraction of sp³-hybridized carbons (Fsp3) is 0.906. The zero-order chi connectivity index (χ0) is 32.1. The van der Waals surface area contributed by atoms with E-state index in [0.717, 1.165) is 73.9 Å². The van der Waals surface area contributed by atoms with Crippen molar-refractivity contribution in [3.63, 3.8) is 0 Å². The van der Waals surface area contributed by atoms with Crippen LogP contribution in [-0.2, 0) is 28.0 Å². The Morgan fingerprint density at radius 1 is 0.415 bits per heavy atom. The minimum absolute atomic E-state index is 0.159. The second-order valence-electron chi connectivity index (χ2n) is 12.5. The first-order chi connectivity index (χ1) is 19.2. The molecule has 0 amide bonds. The number of carbonyl (C=O) groups is 3. The quantitative estimate of drug-likeness (QED) is 0.110. The Morgan fingerprint density at radius 3 is 0.854 bits per heavy atom. The molecule has 0 aromatic rings. The van der Waals surface area contributed by atoms with Crippen LogP contribution in [0, 0.1) is 5.92 Å². The molecule has 0 aromatic heterocycles. The van der Waals surface area contributed by atoms with Crippen molar-refractivity contribution in [1.82, 2.24) is 0 Å². The van der Waals surface area contributed by atoms with Crippen LogP contribution in [0.5, 0.6) is 0 Å². The molecule has 0 unspecified atom stereocenters. The van der Waals surface area contributed by atoms with E-state index in [1.54, 1.807) is 0 Å². The summed E-state index contributed by atoms with van der Waals surface area (Å²) >= 11 is 0. The maximum absolute atomic E-state index is 13.9. The summed E-state index contributed by atoms with van der Waals surface area (Å²) in [4.78, 5) is 40.5. The van der Waals surface area contributed by atoms with Crippen LogP contribution < -0.4 is 0 Å². The Kier molecular flexibility index (Phi) is 16.0. The third-order valence-corrected chi connectivity index (χ3v) is 33.7. The number of carbonyl (C=O) groups excluding carboxylic acids is 3. The molecule has 0 heterocycles. The molecule has 0 rings (SSSR count). The molecule has 0 aliphatic heterocycles. The van der Waals surface area contributed by atoms with Gasteiger partial charge in [-0.25, -0.2) is 0 Å². The van der Waals surface area contributed by atoms with Gasteiger partial charge in [0.25, 0.3) is 0 Å². The second kappa shape index (κ2) is 16.1. The third kappa shape index (κ3) is 8.88. The van der Waals surface area contributed by atoms with Gasteiger partial charge < -0.3 is 0 Å². The van der Waals surface area contributed by atoms with Crippen molar-refractivity contribution in [2.75, 3.05) is 73.9 Å². The molecule has 0 aliphatic carbocycles. The Bertz CT molecular complexity index is 743. The Balaban J connectivity index is 6.11. The first-order valence-corrected chi connectivity index (χ1v) is 25.5. The van der Waals surface area contributed by atoms with E-state index >= 15 is 0 Å². The topological polar surface area (TPSA) is 78.9 Å². The van der Waals surface area contributed by atoms with Crippen LogP contribution in [0.15, 0.2) is 0 Å². The molecule has 0 saturated carbocycles. The zero-order valence-electron chi connectivity index (χ0n) is 29.2. The van der Waals surface area contributed by atoms with Crippen LogP contribution >= 0.6 is 20.5 Å². The maximum atomic E-state index is 13.9. The first-order valence-electron chi connectivity index (χ1n) is 16.9.